The van der Waals surface area contributed by atoms with E-state index in [4.69, 9.17) is 5.73 Å². The summed E-state index contributed by atoms with van der Waals surface area (Å²) in [4.78, 5) is 0. The highest BCUT2D eigenvalue weighted by Crippen LogP contribution is 2.35. The summed E-state index contributed by atoms with van der Waals surface area (Å²) in [5.74, 6) is -0.0207. The van der Waals surface area contributed by atoms with Crippen LogP contribution in [-0.2, 0) is 0 Å². The zero-order valence-electron chi connectivity index (χ0n) is 11.9. The maximum absolute atomic E-state index is 12.4. The molecular formula is C15H22F3NO. The van der Waals surface area contributed by atoms with Gasteiger partial charge in [0.25, 0.3) is 0 Å². The van der Waals surface area contributed by atoms with Gasteiger partial charge in [-0.2, -0.15) is 0 Å². The number of hydrogen-bond acceptors (Lipinski definition) is 2. The predicted octanol–water partition coefficient (Wildman–Crippen LogP) is 4.80. The van der Waals surface area contributed by atoms with Crippen molar-refractivity contribution in [1.29, 1.82) is 0 Å². The first-order chi connectivity index (χ1) is 9.39. The van der Waals surface area contributed by atoms with Crippen molar-refractivity contribution < 1.29 is 17.9 Å². The second-order valence-corrected chi connectivity index (χ2v) is 4.95. The van der Waals surface area contributed by atoms with Crippen LogP contribution in [-0.4, -0.2) is 6.36 Å². The van der Waals surface area contributed by atoms with Gasteiger partial charge in [0.1, 0.15) is 5.75 Å². The topological polar surface area (TPSA) is 35.2 Å². The molecule has 0 heterocycles. The van der Waals surface area contributed by atoms with E-state index in [0.717, 1.165) is 25.7 Å². The summed E-state index contributed by atoms with van der Waals surface area (Å²) in [5, 5.41) is 0. The first-order valence-electron chi connectivity index (χ1n) is 6.99. The fourth-order valence-corrected chi connectivity index (χ4v) is 2.47. The van der Waals surface area contributed by atoms with Crippen molar-refractivity contribution in [2.45, 2.75) is 51.9 Å². The Hall–Kier alpha value is -1.23. The van der Waals surface area contributed by atoms with Gasteiger partial charge in [-0.1, -0.05) is 44.9 Å². The summed E-state index contributed by atoms with van der Waals surface area (Å²) in [6, 6.07) is 5.70. The predicted molar refractivity (Wildman–Crippen MR) is 73.4 cm³/mol. The number of alkyl halides is 3. The number of benzene rings is 1. The van der Waals surface area contributed by atoms with Crippen LogP contribution >= 0.6 is 0 Å². The van der Waals surface area contributed by atoms with Crippen molar-refractivity contribution in [2.75, 3.05) is 0 Å². The Balaban J connectivity index is 2.98. The van der Waals surface area contributed by atoms with Gasteiger partial charge in [0.05, 0.1) is 0 Å². The molecule has 0 aliphatic rings. The van der Waals surface area contributed by atoms with Crippen LogP contribution in [0.1, 0.15) is 51.1 Å². The lowest BCUT2D eigenvalue weighted by atomic mass is 9.86. The molecule has 0 aliphatic heterocycles. The molecule has 1 unspecified atom stereocenters. The van der Waals surface area contributed by atoms with E-state index in [0.29, 0.717) is 5.56 Å². The summed E-state index contributed by atoms with van der Waals surface area (Å²) < 4.78 is 41.3. The number of ether oxygens (including phenoxy) is 1. The van der Waals surface area contributed by atoms with Gasteiger partial charge in [-0.05, 0) is 24.8 Å². The van der Waals surface area contributed by atoms with Gasteiger partial charge in [-0.25, -0.2) is 0 Å². The summed E-state index contributed by atoms with van der Waals surface area (Å²) in [6.45, 7) is 4.10. The maximum atomic E-state index is 12.4. The molecule has 0 aliphatic carbocycles. The summed E-state index contributed by atoms with van der Waals surface area (Å²) in [7, 11) is 0. The highest BCUT2D eigenvalue weighted by atomic mass is 19.4. The lowest BCUT2D eigenvalue weighted by Gasteiger charge is -2.25. The minimum Gasteiger partial charge on any atom is -0.405 e. The first kappa shape index (κ1) is 16.8. The molecule has 5 heteroatoms. The highest BCUT2D eigenvalue weighted by Gasteiger charge is 2.33. The summed E-state index contributed by atoms with van der Waals surface area (Å²) >= 11 is 0. The van der Waals surface area contributed by atoms with Gasteiger partial charge >= 0.3 is 6.36 Å². The third-order valence-corrected chi connectivity index (χ3v) is 3.33. The van der Waals surface area contributed by atoms with Crippen LogP contribution in [0.2, 0.25) is 0 Å². The molecule has 0 radical (unpaired) electrons. The molecule has 1 aromatic carbocycles. The molecule has 0 amide bonds. The van der Waals surface area contributed by atoms with E-state index in [1.165, 1.54) is 12.1 Å². The normalized spacial score (nSPS) is 13.6. The maximum Gasteiger partial charge on any atom is 0.573 e. The van der Waals surface area contributed by atoms with Gasteiger partial charge in [0, 0.05) is 11.6 Å². The Morgan fingerprint density at radius 2 is 1.65 bits per heavy atom. The number of hydrogen-bond donors (Lipinski definition) is 1. The molecule has 1 atom stereocenters. The fourth-order valence-electron chi connectivity index (χ4n) is 2.47. The monoisotopic (exact) mass is 289 g/mol. The van der Waals surface area contributed by atoms with Crippen molar-refractivity contribution in [3.8, 4) is 5.75 Å². The number of para-hydroxylation sites is 1. The van der Waals surface area contributed by atoms with Gasteiger partial charge in [0.15, 0.2) is 0 Å². The Morgan fingerprint density at radius 3 is 2.15 bits per heavy atom. The Kier molecular flexibility index (Phi) is 6.33. The Morgan fingerprint density at radius 1 is 1.10 bits per heavy atom. The number of nitrogens with two attached hydrogens (primary N) is 1. The molecule has 0 fully saturated rings. The van der Waals surface area contributed by atoms with Crippen LogP contribution in [0.4, 0.5) is 13.2 Å². The summed E-state index contributed by atoms with van der Waals surface area (Å²) in [6.07, 6.45) is -0.979. The average Bonchev–Trinajstić information content (AvgIpc) is 2.36. The van der Waals surface area contributed by atoms with Crippen molar-refractivity contribution in [1.82, 2.24) is 0 Å². The molecular weight excluding hydrogens is 267 g/mol. The second-order valence-electron chi connectivity index (χ2n) is 4.95. The minimum absolute atomic E-state index is 0.169. The Bertz CT molecular complexity index is 400. The standard InChI is InChI=1S/C15H22F3NO/c1-3-7-11(8-4-2)14(19)12-9-5-6-10-13(12)20-15(16,17)18/h5-6,9-11,14H,3-4,7-8,19H2,1-2H3. The van der Waals surface area contributed by atoms with Crippen LogP contribution in [0, 0.1) is 5.92 Å². The van der Waals surface area contributed by atoms with Crippen LogP contribution in [0.3, 0.4) is 0 Å². The van der Waals surface area contributed by atoms with E-state index in [-0.39, 0.29) is 11.7 Å². The minimum atomic E-state index is -4.69. The second kappa shape index (κ2) is 7.53. The number of rotatable bonds is 7. The molecule has 2 nitrogen and oxygen atoms in total. The Labute approximate surface area is 118 Å². The summed E-state index contributed by atoms with van der Waals surface area (Å²) in [5.41, 5.74) is 6.61. The molecule has 0 bridgehead atoms. The van der Waals surface area contributed by atoms with Gasteiger partial charge in [0.2, 0.25) is 0 Å². The zero-order valence-corrected chi connectivity index (χ0v) is 11.9. The van der Waals surface area contributed by atoms with E-state index in [1.807, 2.05) is 13.8 Å². The van der Waals surface area contributed by atoms with Crippen molar-refractivity contribution in [2.24, 2.45) is 11.7 Å². The molecule has 0 saturated carbocycles. The molecule has 20 heavy (non-hydrogen) atoms. The first-order valence-corrected chi connectivity index (χ1v) is 6.99. The van der Waals surface area contributed by atoms with E-state index in [2.05, 4.69) is 4.74 Å². The smallest absolute Gasteiger partial charge is 0.405 e. The van der Waals surface area contributed by atoms with Crippen LogP contribution in [0.15, 0.2) is 24.3 Å². The molecule has 0 aromatic heterocycles. The largest absolute Gasteiger partial charge is 0.573 e. The lowest BCUT2D eigenvalue weighted by molar-refractivity contribution is -0.275. The molecule has 0 spiro atoms. The molecule has 2 N–H and O–H groups in total. The van der Waals surface area contributed by atoms with Crippen molar-refractivity contribution in [3.05, 3.63) is 29.8 Å². The third kappa shape index (κ3) is 5.04. The van der Waals surface area contributed by atoms with E-state index in [1.54, 1.807) is 12.1 Å². The van der Waals surface area contributed by atoms with E-state index >= 15 is 0 Å². The van der Waals surface area contributed by atoms with E-state index in [9.17, 15) is 13.2 Å². The van der Waals surface area contributed by atoms with Crippen molar-refractivity contribution in [3.63, 3.8) is 0 Å². The average molecular weight is 289 g/mol. The fraction of sp³-hybridized carbons (Fsp3) is 0.600. The van der Waals surface area contributed by atoms with Gasteiger partial charge < -0.3 is 10.5 Å². The zero-order chi connectivity index (χ0) is 15.2. The highest BCUT2D eigenvalue weighted by molar-refractivity contribution is 5.36. The van der Waals surface area contributed by atoms with E-state index < -0.39 is 12.4 Å². The van der Waals surface area contributed by atoms with Crippen LogP contribution in [0.5, 0.6) is 5.75 Å². The molecule has 1 aromatic rings. The number of halogens is 3. The van der Waals surface area contributed by atoms with Gasteiger partial charge in [-0.15, -0.1) is 13.2 Å². The molecule has 0 saturated heterocycles. The lowest BCUT2D eigenvalue weighted by Crippen LogP contribution is -2.24. The van der Waals surface area contributed by atoms with Crippen LogP contribution in [0.25, 0.3) is 0 Å². The van der Waals surface area contributed by atoms with Crippen molar-refractivity contribution >= 4 is 0 Å². The quantitative estimate of drug-likeness (QED) is 0.782. The molecule has 1 rings (SSSR count). The third-order valence-electron chi connectivity index (χ3n) is 3.33. The molecule has 114 valence electrons. The van der Waals surface area contributed by atoms with Gasteiger partial charge in [-0.3, -0.25) is 0 Å². The van der Waals surface area contributed by atoms with Crippen LogP contribution < -0.4 is 10.5 Å². The SMILES string of the molecule is CCCC(CCC)C(N)c1ccccc1OC(F)(F)F.